The molecule has 0 aliphatic rings. The van der Waals surface area contributed by atoms with Gasteiger partial charge in [-0.15, -0.1) is 0 Å². The van der Waals surface area contributed by atoms with Gasteiger partial charge in [0.25, 0.3) is 11.5 Å². The largest absolute Gasteiger partial charge is 0.459 e. The summed E-state index contributed by atoms with van der Waals surface area (Å²) in [6.07, 6.45) is 0. The molecule has 0 spiro atoms. The van der Waals surface area contributed by atoms with Crippen molar-refractivity contribution < 1.29 is 14.3 Å². The van der Waals surface area contributed by atoms with Crippen molar-refractivity contribution in [3.05, 3.63) is 38.7 Å². The number of aromatic nitrogens is 3. The van der Waals surface area contributed by atoms with Crippen LogP contribution in [0.5, 0.6) is 0 Å². The second-order valence-electron chi connectivity index (χ2n) is 7.02. The van der Waals surface area contributed by atoms with Gasteiger partial charge in [-0.25, -0.2) is 9.78 Å². The fourth-order valence-corrected chi connectivity index (χ4v) is 2.41. The van der Waals surface area contributed by atoms with Gasteiger partial charge in [0, 0.05) is 21.1 Å². The average molecular weight is 362 g/mol. The third kappa shape index (κ3) is 3.81. The molecule has 9 nitrogen and oxygen atoms in total. The highest BCUT2D eigenvalue weighted by atomic mass is 16.6. The van der Waals surface area contributed by atoms with E-state index in [2.05, 4.69) is 4.98 Å². The third-order valence-corrected chi connectivity index (χ3v) is 3.65. The van der Waals surface area contributed by atoms with Gasteiger partial charge >= 0.3 is 11.7 Å². The van der Waals surface area contributed by atoms with E-state index in [1.165, 1.54) is 42.7 Å². The van der Waals surface area contributed by atoms with E-state index >= 15 is 0 Å². The summed E-state index contributed by atoms with van der Waals surface area (Å²) in [6, 6.07) is 2.83. The summed E-state index contributed by atoms with van der Waals surface area (Å²) in [4.78, 5) is 53.9. The van der Waals surface area contributed by atoms with Crippen molar-refractivity contribution in [1.29, 1.82) is 0 Å². The van der Waals surface area contributed by atoms with Gasteiger partial charge in [-0.2, -0.15) is 0 Å². The first-order valence-electron chi connectivity index (χ1n) is 7.96. The second kappa shape index (κ2) is 6.74. The Morgan fingerprint density at radius 1 is 1.15 bits per heavy atom. The molecular formula is C17H22N4O5. The van der Waals surface area contributed by atoms with E-state index in [1.807, 2.05) is 0 Å². The first kappa shape index (κ1) is 19.4. The molecule has 0 bridgehead atoms. The Morgan fingerprint density at radius 2 is 1.77 bits per heavy atom. The Balaban J connectivity index is 2.35. The van der Waals surface area contributed by atoms with E-state index in [-0.39, 0.29) is 23.3 Å². The lowest BCUT2D eigenvalue weighted by atomic mass is 10.2. The maximum atomic E-state index is 12.5. The molecule has 9 heteroatoms. The Bertz CT molecular complexity index is 997. The number of carbonyl (C=O) groups is 2. The zero-order chi connectivity index (χ0) is 19.8. The molecule has 140 valence electrons. The van der Waals surface area contributed by atoms with Crippen LogP contribution >= 0.6 is 0 Å². The van der Waals surface area contributed by atoms with Crippen molar-refractivity contribution in [2.45, 2.75) is 26.4 Å². The van der Waals surface area contributed by atoms with Crippen LogP contribution in [-0.4, -0.2) is 50.1 Å². The molecular weight excluding hydrogens is 340 g/mol. The Hall–Kier alpha value is -2.97. The number of pyridine rings is 1. The highest BCUT2D eigenvalue weighted by Crippen LogP contribution is 2.10. The van der Waals surface area contributed by atoms with Crippen LogP contribution in [-0.2, 0) is 23.6 Å². The number of ether oxygens (including phenoxy) is 1. The quantitative estimate of drug-likeness (QED) is 0.715. The molecule has 0 radical (unpaired) electrons. The number of amides is 1. The summed E-state index contributed by atoms with van der Waals surface area (Å²) in [5, 5.41) is 0.223. The summed E-state index contributed by atoms with van der Waals surface area (Å²) >= 11 is 0. The lowest BCUT2D eigenvalue weighted by Gasteiger charge is -2.22. The lowest BCUT2D eigenvalue weighted by Crippen LogP contribution is -2.38. The number of esters is 1. The number of nitrogens with zero attached hydrogens (tertiary/aromatic N) is 4. The molecule has 0 N–H and O–H groups in total. The third-order valence-electron chi connectivity index (χ3n) is 3.65. The molecule has 0 aromatic carbocycles. The normalized spacial score (nSPS) is 11.5. The molecule has 0 atom stereocenters. The van der Waals surface area contributed by atoms with Crippen LogP contribution in [0.25, 0.3) is 11.0 Å². The average Bonchev–Trinajstić information content (AvgIpc) is 2.55. The van der Waals surface area contributed by atoms with Crippen LogP contribution in [0.1, 0.15) is 31.3 Å². The smallest absolute Gasteiger partial charge is 0.332 e. The molecule has 0 fully saturated rings. The van der Waals surface area contributed by atoms with E-state index in [9.17, 15) is 19.2 Å². The van der Waals surface area contributed by atoms with Gasteiger partial charge in [0.05, 0.1) is 5.39 Å². The number of carbonyl (C=O) groups excluding carboxylic acids is 2. The minimum atomic E-state index is -0.652. The van der Waals surface area contributed by atoms with Crippen LogP contribution in [0.2, 0.25) is 0 Å². The molecule has 0 saturated heterocycles. The minimum Gasteiger partial charge on any atom is -0.459 e. The van der Waals surface area contributed by atoms with Crippen LogP contribution in [0.3, 0.4) is 0 Å². The zero-order valence-corrected chi connectivity index (χ0v) is 15.7. The fraction of sp³-hybridized carbons (Fsp3) is 0.471. The topological polar surface area (TPSA) is 104 Å². The van der Waals surface area contributed by atoms with Gasteiger partial charge in [-0.1, -0.05) is 0 Å². The zero-order valence-electron chi connectivity index (χ0n) is 15.7. The highest BCUT2D eigenvalue weighted by molar-refractivity contribution is 5.95. The molecule has 1 amide bonds. The molecule has 0 aliphatic carbocycles. The van der Waals surface area contributed by atoms with Crippen molar-refractivity contribution in [1.82, 2.24) is 19.0 Å². The molecule has 0 aliphatic heterocycles. The van der Waals surface area contributed by atoms with E-state index in [0.717, 1.165) is 4.57 Å². The number of aryl methyl sites for hydroxylation is 1. The SMILES string of the molecule is CN(CC(=O)OC(C)(C)C)C(=O)c1ccc2c(=O)n(C)c(=O)n(C)c2n1. The molecule has 26 heavy (non-hydrogen) atoms. The molecule has 0 unspecified atom stereocenters. The van der Waals surface area contributed by atoms with Crippen molar-refractivity contribution in [3.63, 3.8) is 0 Å². The van der Waals surface area contributed by atoms with Crippen LogP contribution < -0.4 is 11.2 Å². The monoisotopic (exact) mass is 362 g/mol. The van der Waals surface area contributed by atoms with Crippen molar-refractivity contribution in [2.75, 3.05) is 13.6 Å². The summed E-state index contributed by atoms with van der Waals surface area (Å²) in [5.41, 5.74) is -1.56. The van der Waals surface area contributed by atoms with E-state index < -0.39 is 28.7 Å². The van der Waals surface area contributed by atoms with Gasteiger partial charge in [-0.05, 0) is 32.9 Å². The van der Waals surface area contributed by atoms with E-state index in [4.69, 9.17) is 4.74 Å². The number of hydrogen-bond acceptors (Lipinski definition) is 6. The summed E-state index contributed by atoms with van der Waals surface area (Å²) < 4.78 is 7.35. The molecule has 2 aromatic rings. The second-order valence-corrected chi connectivity index (χ2v) is 7.02. The summed E-state index contributed by atoms with van der Waals surface area (Å²) in [5.74, 6) is -1.07. The van der Waals surface area contributed by atoms with Gasteiger partial charge in [0.2, 0.25) is 0 Å². The maximum absolute atomic E-state index is 12.5. The van der Waals surface area contributed by atoms with Crippen molar-refractivity contribution >= 4 is 22.9 Å². The van der Waals surface area contributed by atoms with Crippen LogP contribution in [0.4, 0.5) is 0 Å². The van der Waals surface area contributed by atoms with E-state index in [1.54, 1.807) is 20.8 Å². The predicted octanol–water partition coefficient (Wildman–Crippen LogP) is 0.0459. The molecule has 2 heterocycles. The fourth-order valence-electron chi connectivity index (χ4n) is 2.41. The number of rotatable bonds is 3. The van der Waals surface area contributed by atoms with E-state index in [0.29, 0.717) is 0 Å². The summed E-state index contributed by atoms with van der Waals surface area (Å²) in [6.45, 7) is 4.96. The first-order valence-corrected chi connectivity index (χ1v) is 7.96. The molecule has 0 saturated carbocycles. The van der Waals surface area contributed by atoms with Gasteiger partial charge in [-0.3, -0.25) is 23.5 Å². The Kier molecular flexibility index (Phi) is 5.02. The van der Waals surface area contributed by atoms with Crippen LogP contribution in [0, 0.1) is 0 Å². The number of hydrogen-bond donors (Lipinski definition) is 0. The Morgan fingerprint density at radius 3 is 2.35 bits per heavy atom. The predicted molar refractivity (Wildman–Crippen MR) is 95.0 cm³/mol. The minimum absolute atomic E-state index is 0.0202. The van der Waals surface area contributed by atoms with Gasteiger partial charge in [0.15, 0.2) is 0 Å². The van der Waals surface area contributed by atoms with Crippen LogP contribution in [0.15, 0.2) is 21.7 Å². The number of likely N-dealkylation sites (N-methyl/N-ethyl adjacent to an activating group) is 1. The maximum Gasteiger partial charge on any atom is 0.332 e. The lowest BCUT2D eigenvalue weighted by molar-refractivity contribution is -0.155. The standard InChI is InChI=1S/C17H22N4O5/c1-17(2,3)26-12(22)9-19(4)15(24)11-8-7-10-13(18-11)20(5)16(25)21(6)14(10)23/h7-8H,9H2,1-6H3. The van der Waals surface area contributed by atoms with Crippen molar-refractivity contribution in [3.8, 4) is 0 Å². The molecule has 2 rings (SSSR count). The Labute approximate surface area is 149 Å². The number of fused-ring (bicyclic) bond motifs is 1. The van der Waals surface area contributed by atoms with Gasteiger partial charge < -0.3 is 9.64 Å². The van der Waals surface area contributed by atoms with Gasteiger partial charge in [0.1, 0.15) is 23.5 Å². The first-order chi connectivity index (χ1) is 11.9. The van der Waals surface area contributed by atoms with Crippen molar-refractivity contribution in [2.24, 2.45) is 14.1 Å². The summed E-state index contributed by atoms with van der Waals surface area (Å²) in [7, 11) is 4.29. The molecule has 2 aromatic heterocycles. The highest BCUT2D eigenvalue weighted by Gasteiger charge is 2.22.